The van der Waals surface area contributed by atoms with Gasteiger partial charge in [-0.3, -0.25) is 9.78 Å². The Bertz CT molecular complexity index is 1030. The molecule has 8 heteroatoms. The van der Waals surface area contributed by atoms with Crippen molar-refractivity contribution in [3.8, 4) is 11.5 Å². The number of nitrogens with zero attached hydrogens (tertiary/aromatic N) is 2. The Hall–Kier alpha value is -2.90. The van der Waals surface area contributed by atoms with Crippen LogP contribution in [0.2, 0.25) is 5.02 Å². The quantitative estimate of drug-likeness (QED) is 0.392. The number of carbonyl (C=O) groups excluding carboxylic acids is 1. The Labute approximate surface area is 181 Å². The molecule has 0 aliphatic rings. The van der Waals surface area contributed by atoms with Gasteiger partial charge in [0.15, 0.2) is 11.5 Å². The third-order valence-corrected chi connectivity index (χ3v) is 4.97. The Kier molecular flexibility index (Phi) is 7.21. The normalized spacial score (nSPS) is 10.7. The summed E-state index contributed by atoms with van der Waals surface area (Å²) >= 11 is 9.66. The highest BCUT2D eigenvalue weighted by Crippen LogP contribution is 2.33. The summed E-state index contributed by atoms with van der Waals surface area (Å²) in [5.41, 5.74) is 4.46. The second kappa shape index (κ2) is 10.0. The van der Waals surface area contributed by atoms with Gasteiger partial charge in [-0.1, -0.05) is 29.8 Å². The van der Waals surface area contributed by atoms with E-state index in [2.05, 4.69) is 31.4 Å². The van der Waals surface area contributed by atoms with Gasteiger partial charge in [-0.25, -0.2) is 5.43 Å². The Morgan fingerprint density at radius 1 is 1.24 bits per heavy atom. The predicted molar refractivity (Wildman–Crippen MR) is 116 cm³/mol. The first-order valence-corrected chi connectivity index (χ1v) is 9.72. The third-order valence-electron chi connectivity index (χ3n) is 3.92. The molecule has 0 aliphatic carbocycles. The van der Waals surface area contributed by atoms with Crippen molar-refractivity contribution in [2.75, 3.05) is 7.11 Å². The summed E-state index contributed by atoms with van der Waals surface area (Å²) in [6, 6.07) is 14.3. The minimum Gasteiger partial charge on any atom is -0.493 e. The van der Waals surface area contributed by atoms with Gasteiger partial charge in [0, 0.05) is 33.0 Å². The molecule has 3 aromatic rings. The summed E-state index contributed by atoms with van der Waals surface area (Å²) in [5.74, 6) is 0.730. The van der Waals surface area contributed by atoms with Crippen molar-refractivity contribution >= 4 is 39.7 Å². The highest BCUT2D eigenvalue weighted by atomic mass is 79.9. The van der Waals surface area contributed by atoms with Gasteiger partial charge in [0.1, 0.15) is 6.61 Å². The fraction of sp³-hybridized carbons (Fsp3) is 0.0952. The molecule has 0 atom stereocenters. The van der Waals surface area contributed by atoms with Gasteiger partial charge in [-0.2, -0.15) is 5.10 Å². The molecule has 0 saturated heterocycles. The van der Waals surface area contributed by atoms with E-state index >= 15 is 0 Å². The maximum atomic E-state index is 12.0. The Morgan fingerprint density at radius 3 is 2.79 bits per heavy atom. The summed E-state index contributed by atoms with van der Waals surface area (Å²) in [4.78, 5) is 15.9. The van der Waals surface area contributed by atoms with E-state index in [-0.39, 0.29) is 5.91 Å². The van der Waals surface area contributed by atoms with Gasteiger partial charge >= 0.3 is 0 Å². The van der Waals surface area contributed by atoms with Crippen LogP contribution >= 0.6 is 27.5 Å². The predicted octanol–water partition coefficient (Wildman–Crippen LogP) is 4.85. The van der Waals surface area contributed by atoms with Crippen molar-refractivity contribution in [3.05, 3.63) is 87.1 Å². The fourth-order valence-electron chi connectivity index (χ4n) is 2.42. The second-order valence-corrected chi connectivity index (χ2v) is 7.11. The third kappa shape index (κ3) is 5.56. The molecule has 3 rings (SSSR count). The van der Waals surface area contributed by atoms with Gasteiger partial charge in [0.05, 0.1) is 18.9 Å². The van der Waals surface area contributed by atoms with Crippen LogP contribution in [0, 0.1) is 0 Å². The standard InChI is InChI=1S/C21H17BrClN3O3/c1-28-19-9-16(12-25-26-21(27)14-6-4-8-24-11-14)17(22)10-20(19)29-13-15-5-2-3-7-18(15)23/h2-12H,13H2,1H3,(H,26,27)/b25-12+. The smallest absolute Gasteiger partial charge is 0.272 e. The van der Waals surface area contributed by atoms with E-state index in [1.807, 2.05) is 24.3 Å². The fourth-order valence-corrected chi connectivity index (χ4v) is 3.03. The number of halogens is 2. The minimum absolute atomic E-state index is 0.303. The molecule has 1 N–H and O–H groups in total. The van der Waals surface area contributed by atoms with Crippen LogP contribution in [0.15, 0.2) is 70.5 Å². The molecule has 29 heavy (non-hydrogen) atoms. The first-order chi connectivity index (χ1) is 14.1. The highest BCUT2D eigenvalue weighted by molar-refractivity contribution is 9.10. The zero-order chi connectivity index (χ0) is 20.6. The number of rotatable bonds is 7. The van der Waals surface area contributed by atoms with Gasteiger partial charge in [-0.05, 0) is 46.3 Å². The molecular formula is C21H17BrClN3O3. The number of nitrogens with one attached hydrogen (secondary N) is 1. The van der Waals surface area contributed by atoms with Crippen LogP contribution in [0.3, 0.4) is 0 Å². The highest BCUT2D eigenvalue weighted by Gasteiger charge is 2.11. The molecule has 0 fully saturated rings. The lowest BCUT2D eigenvalue weighted by Gasteiger charge is -2.13. The van der Waals surface area contributed by atoms with Crippen LogP contribution in [-0.2, 0) is 6.61 Å². The largest absolute Gasteiger partial charge is 0.493 e. The molecule has 0 spiro atoms. The summed E-state index contributed by atoms with van der Waals surface area (Å²) in [6.45, 7) is 0.303. The zero-order valence-electron chi connectivity index (χ0n) is 15.4. The van der Waals surface area contributed by atoms with E-state index in [0.29, 0.717) is 34.3 Å². The number of methoxy groups -OCH3 is 1. The van der Waals surface area contributed by atoms with E-state index in [4.69, 9.17) is 21.1 Å². The molecule has 0 saturated carbocycles. The molecule has 2 aromatic carbocycles. The molecular weight excluding hydrogens is 458 g/mol. The van der Waals surface area contributed by atoms with Crippen LogP contribution in [0.1, 0.15) is 21.5 Å². The summed E-state index contributed by atoms with van der Waals surface area (Å²) < 4.78 is 12.0. The molecule has 0 radical (unpaired) electrons. The number of hydrazone groups is 1. The first-order valence-electron chi connectivity index (χ1n) is 8.55. The summed E-state index contributed by atoms with van der Waals surface area (Å²) in [7, 11) is 1.55. The number of hydrogen-bond acceptors (Lipinski definition) is 5. The molecule has 0 aliphatic heterocycles. The van der Waals surface area contributed by atoms with E-state index in [1.165, 1.54) is 12.4 Å². The summed E-state index contributed by atoms with van der Waals surface area (Å²) in [6.07, 6.45) is 4.58. The van der Waals surface area contributed by atoms with Crippen molar-refractivity contribution in [2.24, 2.45) is 5.10 Å². The van der Waals surface area contributed by atoms with Crippen molar-refractivity contribution < 1.29 is 14.3 Å². The van der Waals surface area contributed by atoms with E-state index < -0.39 is 0 Å². The lowest BCUT2D eigenvalue weighted by molar-refractivity contribution is 0.0955. The molecule has 0 unspecified atom stereocenters. The topological polar surface area (TPSA) is 72.8 Å². The number of amides is 1. The lowest BCUT2D eigenvalue weighted by atomic mass is 10.2. The van der Waals surface area contributed by atoms with Crippen LogP contribution in [-0.4, -0.2) is 24.2 Å². The second-order valence-electron chi connectivity index (χ2n) is 5.85. The van der Waals surface area contributed by atoms with Crippen LogP contribution in [0.4, 0.5) is 0 Å². The van der Waals surface area contributed by atoms with Crippen molar-refractivity contribution in [2.45, 2.75) is 6.61 Å². The average molecular weight is 475 g/mol. The average Bonchev–Trinajstić information content (AvgIpc) is 2.75. The maximum Gasteiger partial charge on any atom is 0.272 e. The molecule has 1 heterocycles. The minimum atomic E-state index is -0.350. The molecule has 1 aromatic heterocycles. The van der Waals surface area contributed by atoms with Crippen LogP contribution in [0.5, 0.6) is 11.5 Å². The number of aromatic nitrogens is 1. The lowest BCUT2D eigenvalue weighted by Crippen LogP contribution is -2.17. The monoisotopic (exact) mass is 473 g/mol. The SMILES string of the molecule is COc1cc(/C=N/NC(=O)c2cccnc2)c(Br)cc1OCc1ccccc1Cl. The number of hydrogen-bond donors (Lipinski definition) is 1. The van der Waals surface area contributed by atoms with Gasteiger partial charge in [-0.15, -0.1) is 0 Å². The Balaban J connectivity index is 1.70. The van der Waals surface area contributed by atoms with E-state index in [1.54, 1.807) is 37.6 Å². The summed E-state index contributed by atoms with van der Waals surface area (Å²) in [5, 5.41) is 4.63. The number of carbonyl (C=O) groups is 1. The van der Waals surface area contributed by atoms with Gasteiger partial charge in [0.25, 0.3) is 5.91 Å². The van der Waals surface area contributed by atoms with E-state index in [0.717, 1.165) is 10.0 Å². The molecule has 0 bridgehead atoms. The molecule has 6 nitrogen and oxygen atoms in total. The van der Waals surface area contributed by atoms with E-state index in [9.17, 15) is 4.79 Å². The van der Waals surface area contributed by atoms with Crippen molar-refractivity contribution in [3.63, 3.8) is 0 Å². The first kappa shape index (κ1) is 20.8. The molecule has 1 amide bonds. The number of ether oxygens (including phenoxy) is 2. The van der Waals surface area contributed by atoms with Crippen molar-refractivity contribution in [1.29, 1.82) is 0 Å². The zero-order valence-corrected chi connectivity index (χ0v) is 17.8. The van der Waals surface area contributed by atoms with Crippen molar-refractivity contribution in [1.82, 2.24) is 10.4 Å². The maximum absolute atomic E-state index is 12.0. The van der Waals surface area contributed by atoms with Crippen LogP contribution < -0.4 is 14.9 Å². The number of benzene rings is 2. The Morgan fingerprint density at radius 2 is 2.07 bits per heavy atom. The van der Waals surface area contributed by atoms with Crippen LogP contribution in [0.25, 0.3) is 0 Å². The molecule has 148 valence electrons. The number of pyridine rings is 1. The van der Waals surface area contributed by atoms with Gasteiger partial charge < -0.3 is 9.47 Å². The van der Waals surface area contributed by atoms with Gasteiger partial charge in [0.2, 0.25) is 0 Å².